The number of hydrogen-bond donors (Lipinski definition) is 2. The highest BCUT2D eigenvalue weighted by Crippen LogP contribution is 2.15. The molecule has 136 valence electrons. The minimum absolute atomic E-state index is 0.209. The van der Waals surface area contributed by atoms with Gasteiger partial charge in [-0.2, -0.15) is 5.10 Å². The Labute approximate surface area is 155 Å². The third-order valence-corrected chi connectivity index (χ3v) is 3.41. The van der Waals surface area contributed by atoms with Crippen molar-refractivity contribution in [3.63, 3.8) is 0 Å². The van der Waals surface area contributed by atoms with Crippen LogP contribution in [0.4, 0.5) is 0 Å². The number of halogens is 1. The Morgan fingerprint density at radius 2 is 1.85 bits per heavy atom. The van der Waals surface area contributed by atoms with Gasteiger partial charge in [0, 0.05) is 10.6 Å². The molecule has 0 aliphatic rings. The zero-order valence-electron chi connectivity index (χ0n) is 14.1. The van der Waals surface area contributed by atoms with Gasteiger partial charge in [-0.15, -0.1) is 0 Å². The molecule has 0 radical (unpaired) electrons. The lowest BCUT2D eigenvalue weighted by Gasteiger charge is -2.07. The second kappa shape index (κ2) is 10.0. The Morgan fingerprint density at radius 3 is 2.58 bits per heavy atom. The predicted molar refractivity (Wildman–Crippen MR) is 98.7 cm³/mol. The van der Waals surface area contributed by atoms with Crippen molar-refractivity contribution in [1.29, 1.82) is 0 Å². The molecule has 0 aromatic heterocycles. The zero-order chi connectivity index (χ0) is 18.8. The number of nitrogens with zero attached hydrogens (tertiary/aromatic N) is 1. The van der Waals surface area contributed by atoms with Crippen LogP contribution in [0.3, 0.4) is 0 Å². The van der Waals surface area contributed by atoms with E-state index in [1.165, 1.54) is 6.21 Å². The summed E-state index contributed by atoms with van der Waals surface area (Å²) in [6.07, 6.45) is 1.46. The largest absolute Gasteiger partial charge is 0.496 e. The van der Waals surface area contributed by atoms with E-state index in [1.54, 1.807) is 43.5 Å². The standard InChI is InChI=1S/C18H18ClN3O4/c1-25-16-5-3-2-4-13(16)10-21-22-17(23)11-20-18(24)12-26-15-8-6-14(19)7-9-15/h2-10H,11-12H2,1H3,(H,20,24)(H,22,23)/b21-10+. The lowest BCUT2D eigenvalue weighted by molar-refractivity contribution is -0.127. The smallest absolute Gasteiger partial charge is 0.259 e. The van der Waals surface area contributed by atoms with Crippen LogP contribution in [-0.2, 0) is 9.59 Å². The summed E-state index contributed by atoms with van der Waals surface area (Å²) >= 11 is 5.76. The van der Waals surface area contributed by atoms with Crippen molar-refractivity contribution >= 4 is 29.6 Å². The number of nitrogens with one attached hydrogen (secondary N) is 2. The molecular weight excluding hydrogens is 358 g/mol. The Balaban J connectivity index is 1.70. The fraction of sp³-hybridized carbons (Fsp3) is 0.167. The molecule has 7 nitrogen and oxygen atoms in total. The number of rotatable bonds is 8. The van der Waals surface area contributed by atoms with E-state index in [2.05, 4.69) is 15.8 Å². The quantitative estimate of drug-likeness (QED) is 0.545. The van der Waals surface area contributed by atoms with Crippen LogP contribution >= 0.6 is 11.6 Å². The molecule has 0 aliphatic heterocycles. The Bertz CT molecular complexity index is 778. The number of ether oxygens (including phenoxy) is 2. The number of methoxy groups -OCH3 is 1. The van der Waals surface area contributed by atoms with Crippen molar-refractivity contribution in [2.75, 3.05) is 20.3 Å². The molecule has 2 aromatic carbocycles. The average molecular weight is 376 g/mol. The molecule has 0 unspecified atom stereocenters. The molecule has 0 saturated heterocycles. The summed E-state index contributed by atoms with van der Waals surface area (Å²) in [6.45, 7) is -0.425. The molecule has 2 rings (SSSR count). The molecule has 0 fully saturated rings. The van der Waals surface area contributed by atoms with Crippen LogP contribution in [0.25, 0.3) is 0 Å². The number of hydrogen-bond acceptors (Lipinski definition) is 5. The first-order valence-corrected chi connectivity index (χ1v) is 8.06. The average Bonchev–Trinajstić information content (AvgIpc) is 2.66. The Kier molecular flexibility index (Phi) is 7.45. The molecule has 0 saturated carbocycles. The topological polar surface area (TPSA) is 89.0 Å². The van der Waals surface area contributed by atoms with Crippen LogP contribution < -0.4 is 20.2 Å². The predicted octanol–water partition coefficient (Wildman–Crippen LogP) is 1.99. The van der Waals surface area contributed by atoms with Crippen LogP contribution in [0.15, 0.2) is 53.6 Å². The highest BCUT2D eigenvalue weighted by molar-refractivity contribution is 6.30. The maximum atomic E-state index is 11.7. The van der Waals surface area contributed by atoms with E-state index in [4.69, 9.17) is 21.1 Å². The number of hydrazone groups is 1. The number of carbonyl (C=O) groups is 2. The summed E-state index contributed by atoms with van der Waals surface area (Å²) in [6, 6.07) is 13.8. The zero-order valence-corrected chi connectivity index (χ0v) is 14.8. The lowest BCUT2D eigenvalue weighted by atomic mass is 10.2. The molecule has 0 aliphatic carbocycles. The van der Waals surface area contributed by atoms with E-state index in [-0.39, 0.29) is 13.2 Å². The first kappa shape index (κ1) is 19.3. The van der Waals surface area contributed by atoms with Gasteiger partial charge in [0.2, 0.25) is 0 Å². The molecule has 0 heterocycles. The van der Waals surface area contributed by atoms with Gasteiger partial charge in [0.05, 0.1) is 19.9 Å². The Morgan fingerprint density at radius 1 is 1.12 bits per heavy atom. The number of para-hydroxylation sites is 1. The van der Waals surface area contributed by atoms with E-state index in [0.29, 0.717) is 16.5 Å². The monoisotopic (exact) mass is 375 g/mol. The summed E-state index contributed by atoms with van der Waals surface area (Å²) in [4.78, 5) is 23.3. The second-order valence-electron chi connectivity index (χ2n) is 5.05. The number of amides is 2. The van der Waals surface area contributed by atoms with Gasteiger partial charge in [-0.05, 0) is 36.4 Å². The number of benzene rings is 2. The van der Waals surface area contributed by atoms with Crippen molar-refractivity contribution in [2.24, 2.45) is 5.10 Å². The minimum atomic E-state index is -0.462. The fourth-order valence-corrected chi connectivity index (χ4v) is 2.02. The minimum Gasteiger partial charge on any atom is -0.496 e. The molecule has 0 bridgehead atoms. The van der Waals surface area contributed by atoms with Crippen molar-refractivity contribution in [2.45, 2.75) is 0 Å². The first-order chi connectivity index (χ1) is 12.6. The maximum absolute atomic E-state index is 11.7. The van der Waals surface area contributed by atoms with Crippen molar-refractivity contribution in [1.82, 2.24) is 10.7 Å². The van der Waals surface area contributed by atoms with Crippen LogP contribution in [-0.4, -0.2) is 38.3 Å². The van der Waals surface area contributed by atoms with Gasteiger partial charge in [-0.25, -0.2) is 5.43 Å². The maximum Gasteiger partial charge on any atom is 0.259 e. The van der Waals surface area contributed by atoms with Crippen molar-refractivity contribution in [3.8, 4) is 11.5 Å². The van der Waals surface area contributed by atoms with E-state index < -0.39 is 11.8 Å². The van der Waals surface area contributed by atoms with E-state index >= 15 is 0 Å². The van der Waals surface area contributed by atoms with E-state index in [1.807, 2.05) is 12.1 Å². The van der Waals surface area contributed by atoms with Crippen LogP contribution in [0.5, 0.6) is 11.5 Å². The summed E-state index contributed by atoms with van der Waals surface area (Å²) in [5.41, 5.74) is 3.04. The molecule has 8 heteroatoms. The summed E-state index contributed by atoms with van der Waals surface area (Å²) in [5, 5.41) is 6.84. The van der Waals surface area contributed by atoms with Gasteiger partial charge in [-0.3, -0.25) is 9.59 Å². The summed E-state index contributed by atoms with van der Waals surface area (Å²) in [7, 11) is 1.55. The summed E-state index contributed by atoms with van der Waals surface area (Å²) in [5.74, 6) is 0.258. The second-order valence-corrected chi connectivity index (χ2v) is 5.49. The van der Waals surface area contributed by atoms with E-state index in [9.17, 15) is 9.59 Å². The van der Waals surface area contributed by atoms with Gasteiger partial charge in [0.15, 0.2) is 6.61 Å². The molecule has 0 atom stereocenters. The van der Waals surface area contributed by atoms with Gasteiger partial charge in [-0.1, -0.05) is 23.7 Å². The molecule has 2 aromatic rings. The molecule has 2 N–H and O–H groups in total. The number of carbonyl (C=O) groups excluding carboxylic acids is 2. The molecular formula is C18H18ClN3O4. The third kappa shape index (κ3) is 6.45. The van der Waals surface area contributed by atoms with Crippen molar-refractivity contribution in [3.05, 3.63) is 59.1 Å². The van der Waals surface area contributed by atoms with Crippen molar-refractivity contribution < 1.29 is 19.1 Å². The first-order valence-electron chi connectivity index (χ1n) is 7.68. The summed E-state index contributed by atoms with van der Waals surface area (Å²) < 4.78 is 10.4. The third-order valence-electron chi connectivity index (χ3n) is 3.16. The van der Waals surface area contributed by atoms with Crippen LogP contribution in [0.1, 0.15) is 5.56 Å². The fourth-order valence-electron chi connectivity index (χ4n) is 1.90. The highest BCUT2D eigenvalue weighted by atomic mass is 35.5. The van der Waals surface area contributed by atoms with Gasteiger partial charge < -0.3 is 14.8 Å². The Hall–Kier alpha value is -3.06. The van der Waals surface area contributed by atoms with Crippen LogP contribution in [0, 0.1) is 0 Å². The van der Waals surface area contributed by atoms with Gasteiger partial charge in [0.25, 0.3) is 11.8 Å². The lowest BCUT2D eigenvalue weighted by Crippen LogP contribution is -2.37. The SMILES string of the molecule is COc1ccccc1/C=N/NC(=O)CNC(=O)COc1ccc(Cl)cc1. The molecule has 2 amide bonds. The van der Waals surface area contributed by atoms with Gasteiger partial charge >= 0.3 is 0 Å². The van der Waals surface area contributed by atoms with Crippen LogP contribution in [0.2, 0.25) is 5.02 Å². The normalized spacial score (nSPS) is 10.4. The van der Waals surface area contributed by atoms with E-state index in [0.717, 1.165) is 5.56 Å². The molecule has 0 spiro atoms. The molecule has 26 heavy (non-hydrogen) atoms. The highest BCUT2D eigenvalue weighted by Gasteiger charge is 2.06. The van der Waals surface area contributed by atoms with Gasteiger partial charge in [0.1, 0.15) is 11.5 Å².